The third kappa shape index (κ3) is 5.22. The number of rotatable bonds is 6. The summed E-state index contributed by atoms with van der Waals surface area (Å²) in [4.78, 5) is 33.1. The second kappa shape index (κ2) is 10.8. The minimum absolute atomic E-state index is 0. The molecule has 2 N–H and O–H groups in total. The molecule has 0 radical (unpaired) electrons. The van der Waals surface area contributed by atoms with E-state index in [1.807, 2.05) is 7.05 Å². The molecule has 2 saturated heterocycles. The number of unbranched alkanes of at least 4 members (excludes halogenated alkanes) is 1. The fourth-order valence-corrected chi connectivity index (χ4v) is 5.17. The second-order valence-electron chi connectivity index (χ2n) is 8.73. The van der Waals surface area contributed by atoms with Gasteiger partial charge in [0, 0.05) is 38.3 Å². The van der Waals surface area contributed by atoms with E-state index in [0.29, 0.717) is 35.8 Å². The van der Waals surface area contributed by atoms with Gasteiger partial charge in [-0.25, -0.2) is 0 Å². The molecule has 7 nitrogen and oxygen atoms in total. The maximum Gasteiger partial charge on any atom is 0.261 e. The minimum Gasteiger partial charge on any atom is -0.356 e. The van der Waals surface area contributed by atoms with Crippen LogP contribution in [-0.4, -0.2) is 72.9 Å². The standard InChI is InChI=1S/C23H33N5O2.HI/c1-24-23(26-16-14-17-8-7-9-18(15-16)27(17)2)25-12-5-6-13-28-21(29)19-10-3-4-11-20(19)22(28)30;/h3-4,10-11,16-18H,5-9,12-15H2,1-2H3,(H2,24,25,26);1H. The lowest BCUT2D eigenvalue weighted by Crippen LogP contribution is -2.56. The maximum atomic E-state index is 12.4. The predicted octanol–water partition coefficient (Wildman–Crippen LogP) is 2.86. The molecule has 3 aliphatic heterocycles. The molecule has 170 valence electrons. The van der Waals surface area contributed by atoms with Crippen molar-refractivity contribution in [2.24, 2.45) is 4.99 Å². The van der Waals surface area contributed by atoms with Gasteiger partial charge in [0.1, 0.15) is 0 Å². The van der Waals surface area contributed by atoms with Crippen LogP contribution < -0.4 is 10.6 Å². The van der Waals surface area contributed by atoms with Gasteiger partial charge in [0.15, 0.2) is 5.96 Å². The van der Waals surface area contributed by atoms with E-state index in [4.69, 9.17) is 0 Å². The van der Waals surface area contributed by atoms with Gasteiger partial charge in [-0.05, 0) is 57.7 Å². The first-order valence-corrected chi connectivity index (χ1v) is 11.2. The Balaban J connectivity index is 0.00000272. The van der Waals surface area contributed by atoms with Crippen molar-refractivity contribution in [3.05, 3.63) is 35.4 Å². The van der Waals surface area contributed by atoms with Crippen LogP contribution in [0.4, 0.5) is 0 Å². The van der Waals surface area contributed by atoms with Gasteiger partial charge < -0.3 is 15.5 Å². The van der Waals surface area contributed by atoms with E-state index in [9.17, 15) is 9.59 Å². The summed E-state index contributed by atoms with van der Waals surface area (Å²) in [6, 6.07) is 8.90. The first kappa shape index (κ1) is 24.0. The van der Waals surface area contributed by atoms with Crippen LogP contribution in [0, 0.1) is 0 Å². The molecule has 8 heteroatoms. The number of guanidine groups is 1. The van der Waals surface area contributed by atoms with Crippen LogP contribution in [0.3, 0.4) is 0 Å². The Morgan fingerprint density at radius 3 is 2.26 bits per heavy atom. The third-order valence-electron chi connectivity index (χ3n) is 6.88. The number of halogens is 1. The molecule has 31 heavy (non-hydrogen) atoms. The van der Waals surface area contributed by atoms with Crippen molar-refractivity contribution in [3.63, 3.8) is 0 Å². The van der Waals surface area contributed by atoms with E-state index in [2.05, 4.69) is 27.6 Å². The lowest BCUT2D eigenvalue weighted by atomic mass is 9.82. The first-order chi connectivity index (χ1) is 14.6. The number of fused-ring (bicyclic) bond motifs is 3. The number of hydrogen-bond acceptors (Lipinski definition) is 4. The molecule has 0 aliphatic carbocycles. The van der Waals surface area contributed by atoms with Crippen molar-refractivity contribution in [2.75, 3.05) is 27.2 Å². The van der Waals surface area contributed by atoms with Gasteiger partial charge in [-0.2, -0.15) is 0 Å². The van der Waals surface area contributed by atoms with Crippen LogP contribution in [0.25, 0.3) is 0 Å². The number of carbonyl (C=O) groups is 2. The van der Waals surface area contributed by atoms with Crippen LogP contribution in [0.2, 0.25) is 0 Å². The molecular weight excluding hydrogens is 505 g/mol. The zero-order chi connectivity index (χ0) is 21.1. The summed E-state index contributed by atoms with van der Waals surface area (Å²) in [5.41, 5.74) is 1.04. The zero-order valence-corrected chi connectivity index (χ0v) is 20.8. The predicted molar refractivity (Wildman–Crippen MR) is 133 cm³/mol. The van der Waals surface area contributed by atoms with Crippen LogP contribution >= 0.6 is 24.0 Å². The Bertz CT molecular complexity index is 781. The number of nitrogens with zero attached hydrogens (tertiary/aromatic N) is 3. The Hall–Kier alpha value is -1.68. The van der Waals surface area contributed by atoms with Gasteiger partial charge in [-0.15, -0.1) is 24.0 Å². The summed E-state index contributed by atoms with van der Waals surface area (Å²) in [5.74, 6) is 0.506. The SMILES string of the molecule is CN=C(NCCCCN1C(=O)c2ccccc2C1=O)NC1CC2CCCC(C1)N2C.I. The Kier molecular flexibility index (Phi) is 8.32. The molecule has 2 unspecified atom stereocenters. The fraction of sp³-hybridized carbons (Fsp3) is 0.609. The molecule has 2 amide bonds. The molecule has 0 aromatic heterocycles. The lowest BCUT2D eigenvalue weighted by Gasteiger charge is -2.47. The van der Waals surface area contributed by atoms with Crippen molar-refractivity contribution in [1.29, 1.82) is 0 Å². The van der Waals surface area contributed by atoms with E-state index in [1.165, 1.54) is 37.0 Å². The normalized spacial score (nSPS) is 25.8. The van der Waals surface area contributed by atoms with Gasteiger partial charge in [0.25, 0.3) is 11.8 Å². The molecule has 0 spiro atoms. The van der Waals surface area contributed by atoms with E-state index in [-0.39, 0.29) is 35.8 Å². The topological polar surface area (TPSA) is 77.0 Å². The fourth-order valence-electron chi connectivity index (χ4n) is 5.17. The molecule has 3 aliphatic rings. The van der Waals surface area contributed by atoms with Crippen LogP contribution in [0.15, 0.2) is 29.3 Å². The largest absolute Gasteiger partial charge is 0.356 e. The van der Waals surface area contributed by atoms with Crippen LogP contribution in [0.5, 0.6) is 0 Å². The highest BCUT2D eigenvalue weighted by Crippen LogP contribution is 2.32. The number of nitrogens with one attached hydrogen (secondary N) is 2. The van der Waals surface area contributed by atoms with Crippen LogP contribution in [0.1, 0.15) is 65.7 Å². The number of benzene rings is 1. The monoisotopic (exact) mass is 539 g/mol. The van der Waals surface area contributed by atoms with E-state index in [0.717, 1.165) is 25.3 Å². The Morgan fingerprint density at radius 2 is 1.68 bits per heavy atom. The number of carbonyl (C=O) groups excluding carboxylic acids is 2. The van der Waals surface area contributed by atoms with Gasteiger partial charge in [-0.1, -0.05) is 18.6 Å². The van der Waals surface area contributed by atoms with E-state index in [1.54, 1.807) is 24.3 Å². The molecule has 1 aromatic rings. The minimum atomic E-state index is -0.172. The highest BCUT2D eigenvalue weighted by atomic mass is 127. The molecule has 3 heterocycles. The summed E-state index contributed by atoms with van der Waals surface area (Å²) < 4.78 is 0. The average molecular weight is 539 g/mol. The quantitative estimate of drug-likeness (QED) is 0.191. The van der Waals surface area contributed by atoms with Gasteiger partial charge in [-0.3, -0.25) is 19.5 Å². The highest BCUT2D eigenvalue weighted by Gasteiger charge is 2.36. The molecule has 2 bridgehead atoms. The number of imide groups is 1. The summed E-state index contributed by atoms with van der Waals surface area (Å²) in [7, 11) is 4.08. The Labute approximate surface area is 202 Å². The van der Waals surface area contributed by atoms with Gasteiger partial charge in [0.2, 0.25) is 0 Å². The Morgan fingerprint density at radius 1 is 1.06 bits per heavy atom. The second-order valence-corrected chi connectivity index (χ2v) is 8.73. The molecule has 4 rings (SSSR count). The summed E-state index contributed by atoms with van der Waals surface area (Å²) in [6.07, 6.45) is 7.94. The van der Waals surface area contributed by atoms with Crippen LogP contribution in [-0.2, 0) is 0 Å². The molecule has 1 aromatic carbocycles. The number of piperidine rings is 2. The highest BCUT2D eigenvalue weighted by molar-refractivity contribution is 14.0. The maximum absolute atomic E-state index is 12.4. The lowest BCUT2D eigenvalue weighted by molar-refractivity contribution is 0.0526. The van der Waals surface area contributed by atoms with E-state index >= 15 is 0 Å². The van der Waals surface area contributed by atoms with Gasteiger partial charge in [0.05, 0.1) is 11.1 Å². The van der Waals surface area contributed by atoms with Crippen molar-refractivity contribution < 1.29 is 9.59 Å². The average Bonchev–Trinajstić information content (AvgIpc) is 2.98. The summed E-state index contributed by atoms with van der Waals surface area (Å²) >= 11 is 0. The number of hydrogen-bond donors (Lipinski definition) is 2. The number of amides is 2. The first-order valence-electron chi connectivity index (χ1n) is 11.2. The van der Waals surface area contributed by atoms with Crippen molar-refractivity contribution in [3.8, 4) is 0 Å². The smallest absolute Gasteiger partial charge is 0.261 e. The third-order valence-corrected chi connectivity index (χ3v) is 6.88. The molecular formula is C23H34IN5O2. The molecule has 2 atom stereocenters. The van der Waals surface area contributed by atoms with Crippen molar-refractivity contribution >= 4 is 41.8 Å². The van der Waals surface area contributed by atoms with Crippen molar-refractivity contribution in [1.82, 2.24) is 20.4 Å². The van der Waals surface area contributed by atoms with Crippen molar-refractivity contribution in [2.45, 2.75) is 63.1 Å². The van der Waals surface area contributed by atoms with E-state index < -0.39 is 0 Å². The molecule has 2 fully saturated rings. The molecule has 0 saturated carbocycles. The number of aliphatic imine (C=N–C) groups is 1. The summed E-state index contributed by atoms with van der Waals surface area (Å²) in [6.45, 7) is 1.22. The summed E-state index contributed by atoms with van der Waals surface area (Å²) in [5, 5.41) is 7.00. The van der Waals surface area contributed by atoms with Gasteiger partial charge >= 0.3 is 0 Å². The zero-order valence-electron chi connectivity index (χ0n) is 18.5.